The molecule has 0 bridgehead atoms. The summed E-state index contributed by atoms with van der Waals surface area (Å²) in [6.07, 6.45) is 1.60. The van der Waals surface area contributed by atoms with Gasteiger partial charge in [-0.3, -0.25) is 4.79 Å². The second kappa shape index (κ2) is 7.58. The number of hydrogen-bond donors (Lipinski definition) is 1. The average molecular weight is 291 g/mol. The first-order valence-corrected chi connectivity index (χ1v) is 7.27. The highest BCUT2D eigenvalue weighted by Crippen LogP contribution is 2.19. The molecular formula is C11H17NO4S2. The molecule has 1 N–H and O–H groups in total. The van der Waals surface area contributed by atoms with Gasteiger partial charge < -0.3 is 14.7 Å². The number of thioether (sulfide) groups is 1. The smallest absolute Gasteiger partial charge is 0.326 e. The lowest BCUT2D eigenvalue weighted by atomic mass is 10.2. The molecule has 1 heterocycles. The van der Waals surface area contributed by atoms with Crippen LogP contribution < -0.4 is 0 Å². The fraction of sp³-hybridized carbons (Fsp3) is 0.727. The lowest BCUT2D eigenvalue weighted by Gasteiger charge is -2.21. The summed E-state index contributed by atoms with van der Waals surface area (Å²) in [6, 6.07) is -0.652. The van der Waals surface area contributed by atoms with Crippen LogP contribution >= 0.6 is 24.0 Å². The van der Waals surface area contributed by atoms with E-state index in [1.807, 2.05) is 6.92 Å². The SMILES string of the molecule is CCOC(=S)SCCC(=O)N1CCC[C@H]1C(=O)O. The highest BCUT2D eigenvalue weighted by molar-refractivity contribution is 8.22. The largest absolute Gasteiger partial charge is 0.480 e. The van der Waals surface area contributed by atoms with Crippen molar-refractivity contribution in [1.82, 2.24) is 4.90 Å². The van der Waals surface area contributed by atoms with Crippen molar-refractivity contribution in [2.45, 2.75) is 32.2 Å². The maximum atomic E-state index is 11.9. The van der Waals surface area contributed by atoms with E-state index in [4.69, 9.17) is 22.1 Å². The van der Waals surface area contributed by atoms with Crippen molar-refractivity contribution in [3.63, 3.8) is 0 Å². The topological polar surface area (TPSA) is 66.8 Å². The van der Waals surface area contributed by atoms with E-state index in [2.05, 4.69) is 0 Å². The van der Waals surface area contributed by atoms with Gasteiger partial charge in [-0.2, -0.15) is 0 Å². The Hall–Kier alpha value is -0.820. The molecule has 1 atom stereocenters. The molecule has 0 aliphatic carbocycles. The van der Waals surface area contributed by atoms with Crippen molar-refractivity contribution in [2.75, 3.05) is 18.9 Å². The van der Waals surface area contributed by atoms with Crippen molar-refractivity contribution < 1.29 is 19.4 Å². The number of aliphatic carboxylic acids is 1. The maximum Gasteiger partial charge on any atom is 0.326 e. The van der Waals surface area contributed by atoms with Crippen molar-refractivity contribution in [3.05, 3.63) is 0 Å². The number of ether oxygens (including phenoxy) is 1. The molecule has 0 aromatic heterocycles. The summed E-state index contributed by atoms with van der Waals surface area (Å²) >= 11 is 6.24. The Kier molecular flexibility index (Phi) is 6.42. The molecule has 1 rings (SSSR count). The van der Waals surface area contributed by atoms with Crippen LogP contribution in [0.25, 0.3) is 0 Å². The molecule has 1 aliphatic rings. The number of carbonyl (C=O) groups excluding carboxylic acids is 1. The van der Waals surface area contributed by atoms with Gasteiger partial charge in [-0.15, -0.1) is 0 Å². The first-order chi connectivity index (χ1) is 8.56. The summed E-state index contributed by atoms with van der Waals surface area (Å²) in [4.78, 5) is 24.3. The Morgan fingerprint density at radius 2 is 2.28 bits per heavy atom. The third kappa shape index (κ3) is 4.45. The summed E-state index contributed by atoms with van der Waals surface area (Å²) in [7, 11) is 0. The summed E-state index contributed by atoms with van der Waals surface area (Å²) in [5.74, 6) is -0.509. The van der Waals surface area contributed by atoms with Gasteiger partial charge in [0.2, 0.25) is 10.3 Å². The van der Waals surface area contributed by atoms with E-state index >= 15 is 0 Å². The van der Waals surface area contributed by atoms with Crippen LogP contribution in [-0.2, 0) is 14.3 Å². The number of carboxylic acid groups (broad SMARTS) is 1. The van der Waals surface area contributed by atoms with E-state index in [-0.39, 0.29) is 5.91 Å². The zero-order valence-corrected chi connectivity index (χ0v) is 11.9. The third-order valence-electron chi connectivity index (χ3n) is 2.66. The fourth-order valence-corrected chi connectivity index (χ4v) is 2.86. The molecule has 18 heavy (non-hydrogen) atoms. The van der Waals surface area contributed by atoms with Crippen LogP contribution in [0, 0.1) is 0 Å². The maximum absolute atomic E-state index is 11.9. The lowest BCUT2D eigenvalue weighted by Crippen LogP contribution is -2.40. The lowest BCUT2D eigenvalue weighted by molar-refractivity contribution is -0.148. The number of amides is 1. The Labute approximate surface area is 116 Å². The minimum Gasteiger partial charge on any atom is -0.480 e. The number of rotatable bonds is 5. The third-order valence-corrected chi connectivity index (χ3v) is 3.89. The number of nitrogens with zero attached hydrogens (tertiary/aromatic N) is 1. The van der Waals surface area contributed by atoms with E-state index in [1.165, 1.54) is 16.7 Å². The van der Waals surface area contributed by atoms with E-state index in [0.29, 0.717) is 36.1 Å². The zero-order chi connectivity index (χ0) is 13.5. The first-order valence-electron chi connectivity index (χ1n) is 5.88. The van der Waals surface area contributed by atoms with Crippen LogP contribution in [0.15, 0.2) is 0 Å². The van der Waals surface area contributed by atoms with Gasteiger partial charge in [-0.1, -0.05) is 11.8 Å². The first kappa shape index (κ1) is 15.2. The van der Waals surface area contributed by atoms with Crippen LogP contribution in [0.5, 0.6) is 0 Å². The van der Waals surface area contributed by atoms with Gasteiger partial charge in [0.1, 0.15) is 6.04 Å². The minimum atomic E-state index is -0.918. The number of likely N-dealkylation sites (tertiary alicyclic amines) is 1. The molecular weight excluding hydrogens is 274 g/mol. The van der Waals surface area contributed by atoms with Crippen molar-refractivity contribution in [2.24, 2.45) is 0 Å². The Balaban J connectivity index is 2.32. The highest BCUT2D eigenvalue weighted by atomic mass is 32.2. The molecule has 102 valence electrons. The van der Waals surface area contributed by atoms with Crippen molar-refractivity contribution in [3.8, 4) is 0 Å². The number of hydrogen-bond acceptors (Lipinski definition) is 5. The minimum absolute atomic E-state index is 0.119. The highest BCUT2D eigenvalue weighted by Gasteiger charge is 2.33. The van der Waals surface area contributed by atoms with E-state index in [9.17, 15) is 9.59 Å². The fourth-order valence-electron chi connectivity index (χ4n) is 1.85. The van der Waals surface area contributed by atoms with Crippen molar-refractivity contribution >= 4 is 40.2 Å². The van der Waals surface area contributed by atoms with E-state index in [1.54, 1.807) is 0 Å². The molecule has 0 spiro atoms. The van der Waals surface area contributed by atoms with Gasteiger partial charge in [0.05, 0.1) is 6.61 Å². The number of carboxylic acids is 1. The molecule has 0 radical (unpaired) electrons. The van der Waals surface area contributed by atoms with Gasteiger partial charge in [0, 0.05) is 18.7 Å². The second-order valence-corrected chi connectivity index (χ2v) is 5.56. The van der Waals surface area contributed by atoms with E-state index in [0.717, 1.165) is 6.42 Å². The predicted molar refractivity (Wildman–Crippen MR) is 73.7 cm³/mol. The van der Waals surface area contributed by atoms with Crippen LogP contribution in [-0.4, -0.2) is 51.2 Å². The van der Waals surface area contributed by atoms with Gasteiger partial charge in [0.25, 0.3) is 0 Å². The van der Waals surface area contributed by atoms with Crippen LogP contribution in [0.4, 0.5) is 0 Å². The second-order valence-electron chi connectivity index (χ2n) is 3.86. The normalized spacial score (nSPS) is 18.7. The Morgan fingerprint density at radius 3 is 2.89 bits per heavy atom. The molecule has 0 saturated carbocycles. The molecule has 1 fully saturated rings. The molecule has 1 aliphatic heterocycles. The molecule has 0 unspecified atom stereocenters. The molecule has 7 heteroatoms. The van der Waals surface area contributed by atoms with Crippen LogP contribution in [0.1, 0.15) is 26.2 Å². The molecule has 0 aromatic carbocycles. The van der Waals surface area contributed by atoms with Crippen LogP contribution in [0.2, 0.25) is 0 Å². The van der Waals surface area contributed by atoms with Gasteiger partial charge in [-0.05, 0) is 32.0 Å². The Bertz CT molecular complexity index is 335. The number of thiocarbonyl (C=S) groups is 1. The van der Waals surface area contributed by atoms with Gasteiger partial charge in [0.15, 0.2) is 0 Å². The standard InChI is InChI=1S/C11H17NO4S2/c1-2-16-11(17)18-7-5-9(13)12-6-3-4-8(12)10(14)15/h8H,2-7H2,1H3,(H,14,15)/t8-/m0/s1. The van der Waals surface area contributed by atoms with Gasteiger partial charge in [-0.25, -0.2) is 4.79 Å². The predicted octanol–water partition coefficient (Wildman–Crippen LogP) is 1.51. The zero-order valence-electron chi connectivity index (χ0n) is 10.3. The van der Waals surface area contributed by atoms with Crippen LogP contribution in [0.3, 0.4) is 0 Å². The molecule has 5 nitrogen and oxygen atoms in total. The summed E-state index contributed by atoms with van der Waals surface area (Å²) in [5, 5.41) is 8.98. The molecule has 0 aromatic rings. The quantitative estimate of drug-likeness (QED) is 0.774. The van der Waals surface area contributed by atoms with E-state index < -0.39 is 12.0 Å². The van der Waals surface area contributed by atoms with Crippen molar-refractivity contribution in [1.29, 1.82) is 0 Å². The Morgan fingerprint density at radius 1 is 1.56 bits per heavy atom. The molecule has 1 saturated heterocycles. The van der Waals surface area contributed by atoms with Gasteiger partial charge >= 0.3 is 5.97 Å². The number of carbonyl (C=O) groups is 2. The average Bonchev–Trinajstić information content (AvgIpc) is 2.78. The summed E-state index contributed by atoms with van der Waals surface area (Å²) in [5.41, 5.74) is 0. The molecule has 1 amide bonds. The monoisotopic (exact) mass is 291 g/mol. The summed E-state index contributed by atoms with van der Waals surface area (Å²) < 4.78 is 5.52. The summed E-state index contributed by atoms with van der Waals surface area (Å²) in [6.45, 7) is 2.91.